The Labute approximate surface area is 199 Å². The van der Waals surface area contributed by atoms with Crippen molar-refractivity contribution in [3.63, 3.8) is 0 Å². The number of benzene rings is 3. The Morgan fingerprint density at radius 1 is 0.882 bits per heavy atom. The number of imide groups is 1. The second kappa shape index (κ2) is 7.60. The molecule has 6 rings (SSSR count). The van der Waals surface area contributed by atoms with Crippen LogP contribution >= 0.6 is 11.6 Å². The number of Topliss-reactive ketones (excluding diaryl/α,β-unsaturated/α-hetero) is 1. The minimum absolute atomic E-state index is 0.247. The number of hydrazone groups is 1. The summed E-state index contributed by atoms with van der Waals surface area (Å²) in [5.74, 6) is -3.56. The highest BCUT2D eigenvalue weighted by Gasteiger charge is 2.65. The molecule has 4 atom stereocenters. The molecule has 0 aliphatic carbocycles. The average Bonchev–Trinajstić information content (AvgIpc) is 3.32. The van der Waals surface area contributed by atoms with E-state index in [1.165, 1.54) is 24.3 Å². The van der Waals surface area contributed by atoms with Gasteiger partial charge in [-0.15, -0.1) is 0 Å². The molecule has 0 radical (unpaired) electrons. The molecule has 0 spiro atoms. The van der Waals surface area contributed by atoms with Crippen molar-refractivity contribution in [3.8, 4) is 0 Å². The van der Waals surface area contributed by atoms with Crippen molar-refractivity contribution in [1.82, 2.24) is 5.01 Å². The summed E-state index contributed by atoms with van der Waals surface area (Å²) in [4.78, 5) is 42.3. The van der Waals surface area contributed by atoms with E-state index in [9.17, 15) is 18.8 Å². The second-order valence-corrected chi connectivity index (χ2v) is 8.94. The minimum atomic E-state index is -1.02. The lowest BCUT2D eigenvalue weighted by Gasteiger charge is -2.33. The molecule has 6 nitrogen and oxygen atoms in total. The summed E-state index contributed by atoms with van der Waals surface area (Å²) in [5, 5.41) is 6.35. The molecule has 3 aromatic carbocycles. The summed E-state index contributed by atoms with van der Waals surface area (Å²) >= 11 is 6.34. The van der Waals surface area contributed by atoms with Crippen LogP contribution in [-0.2, 0) is 9.59 Å². The molecular weight excluding hydrogens is 457 g/mol. The van der Waals surface area contributed by atoms with Crippen LogP contribution in [0.3, 0.4) is 0 Å². The van der Waals surface area contributed by atoms with E-state index in [4.69, 9.17) is 11.6 Å². The summed E-state index contributed by atoms with van der Waals surface area (Å²) in [6.45, 7) is 0. The lowest BCUT2D eigenvalue weighted by atomic mass is 9.83. The van der Waals surface area contributed by atoms with Gasteiger partial charge >= 0.3 is 0 Å². The van der Waals surface area contributed by atoms with Crippen molar-refractivity contribution in [1.29, 1.82) is 0 Å². The number of halogens is 2. The molecule has 0 unspecified atom stereocenters. The molecule has 0 N–H and O–H groups in total. The van der Waals surface area contributed by atoms with Gasteiger partial charge in [0.2, 0.25) is 11.8 Å². The van der Waals surface area contributed by atoms with E-state index in [0.717, 1.165) is 16.0 Å². The van der Waals surface area contributed by atoms with E-state index in [1.807, 2.05) is 24.3 Å². The molecule has 168 valence electrons. The normalized spacial score (nSPS) is 24.8. The van der Waals surface area contributed by atoms with Gasteiger partial charge in [0.05, 0.1) is 34.8 Å². The topological polar surface area (TPSA) is 70.0 Å². The number of nitrogens with zero attached hydrogens (tertiary/aromatic N) is 3. The van der Waals surface area contributed by atoms with Gasteiger partial charge in [-0.05, 0) is 47.5 Å². The smallest absolute Gasteiger partial charge is 0.240 e. The second-order valence-electron chi connectivity index (χ2n) is 8.53. The number of ketones is 1. The highest BCUT2D eigenvalue weighted by Crippen LogP contribution is 2.53. The minimum Gasteiger partial charge on any atom is -0.292 e. The van der Waals surface area contributed by atoms with Gasteiger partial charge in [0, 0.05) is 5.56 Å². The lowest BCUT2D eigenvalue weighted by Crippen LogP contribution is -2.44. The summed E-state index contributed by atoms with van der Waals surface area (Å²) in [7, 11) is 0. The van der Waals surface area contributed by atoms with Crippen LogP contribution in [0.15, 0.2) is 77.9 Å². The first kappa shape index (κ1) is 20.7. The van der Waals surface area contributed by atoms with Crippen LogP contribution in [0.4, 0.5) is 10.1 Å². The van der Waals surface area contributed by atoms with E-state index in [0.29, 0.717) is 5.69 Å². The Hall–Kier alpha value is -3.84. The van der Waals surface area contributed by atoms with Crippen LogP contribution in [0, 0.1) is 17.7 Å². The maximum absolute atomic E-state index is 13.8. The number of para-hydroxylation sites is 1. The summed E-state index contributed by atoms with van der Waals surface area (Å²) < 4.78 is 13.5. The van der Waals surface area contributed by atoms with Crippen molar-refractivity contribution in [2.75, 3.05) is 4.90 Å². The highest BCUT2D eigenvalue weighted by atomic mass is 35.5. The van der Waals surface area contributed by atoms with Gasteiger partial charge in [0.15, 0.2) is 5.78 Å². The predicted octanol–water partition coefficient (Wildman–Crippen LogP) is 4.24. The fourth-order valence-electron chi connectivity index (χ4n) is 5.32. The van der Waals surface area contributed by atoms with Gasteiger partial charge in [0.1, 0.15) is 11.9 Å². The first-order valence-corrected chi connectivity index (χ1v) is 11.2. The molecule has 2 saturated heterocycles. The van der Waals surface area contributed by atoms with Gasteiger partial charge in [-0.2, -0.15) is 5.10 Å². The Balaban J connectivity index is 1.51. The van der Waals surface area contributed by atoms with E-state index in [2.05, 4.69) is 5.10 Å². The Bertz CT molecular complexity index is 1390. The fourth-order valence-corrected chi connectivity index (χ4v) is 5.54. The molecule has 3 aliphatic rings. The molecule has 2 amide bonds. The molecule has 8 heteroatoms. The Morgan fingerprint density at radius 3 is 2.32 bits per heavy atom. The van der Waals surface area contributed by atoms with E-state index in [1.54, 1.807) is 35.5 Å². The largest absolute Gasteiger partial charge is 0.292 e. The van der Waals surface area contributed by atoms with E-state index in [-0.39, 0.29) is 10.6 Å². The molecule has 0 bridgehead atoms. The van der Waals surface area contributed by atoms with Gasteiger partial charge in [0.25, 0.3) is 0 Å². The van der Waals surface area contributed by atoms with Crippen LogP contribution in [0.1, 0.15) is 27.5 Å². The molecule has 0 saturated carbocycles. The molecule has 34 heavy (non-hydrogen) atoms. The van der Waals surface area contributed by atoms with E-state index < -0.39 is 47.3 Å². The Kier molecular flexibility index (Phi) is 4.64. The number of hydrogen-bond acceptors (Lipinski definition) is 5. The molecule has 3 aliphatic heterocycles. The van der Waals surface area contributed by atoms with Crippen LogP contribution in [0.5, 0.6) is 0 Å². The summed E-state index contributed by atoms with van der Waals surface area (Å²) in [6.07, 6.45) is 1.64. The van der Waals surface area contributed by atoms with Gasteiger partial charge in [-0.3, -0.25) is 19.4 Å². The first-order chi connectivity index (χ1) is 16.5. The zero-order valence-corrected chi connectivity index (χ0v) is 18.4. The molecular formula is C26H17ClFN3O3. The SMILES string of the molecule is O=C(c1ccc(F)cc1)[C@@H]1[C@@H]2C(=O)N(c3ccccc3Cl)C(=O)[C@H]2[C@H]2c3ccccc3C=NN12. The quantitative estimate of drug-likeness (QED) is 0.421. The van der Waals surface area contributed by atoms with Crippen molar-refractivity contribution in [2.24, 2.45) is 16.9 Å². The third-order valence-corrected chi connectivity index (χ3v) is 7.10. The average molecular weight is 474 g/mol. The zero-order valence-electron chi connectivity index (χ0n) is 17.6. The highest BCUT2D eigenvalue weighted by molar-refractivity contribution is 6.36. The molecule has 2 fully saturated rings. The van der Waals surface area contributed by atoms with Crippen LogP contribution in [0.25, 0.3) is 0 Å². The van der Waals surface area contributed by atoms with Gasteiger partial charge in [-0.1, -0.05) is 48.0 Å². The monoisotopic (exact) mass is 473 g/mol. The third-order valence-electron chi connectivity index (χ3n) is 6.78. The van der Waals surface area contributed by atoms with Crippen molar-refractivity contribution in [2.45, 2.75) is 12.1 Å². The van der Waals surface area contributed by atoms with Crippen molar-refractivity contribution < 1.29 is 18.8 Å². The maximum Gasteiger partial charge on any atom is 0.240 e. The maximum atomic E-state index is 13.8. The fraction of sp³-hybridized carbons (Fsp3) is 0.154. The Morgan fingerprint density at radius 2 is 1.56 bits per heavy atom. The summed E-state index contributed by atoms with van der Waals surface area (Å²) in [6, 6.07) is 17.7. The number of rotatable bonds is 3. The third kappa shape index (κ3) is 2.86. The van der Waals surface area contributed by atoms with Crippen LogP contribution in [0.2, 0.25) is 5.02 Å². The number of amides is 2. The zero-order chi connectivity index (χ0) is 23.6. The number of anilines is 1. The van der Waals surface area contributed by atoms with Gasteiger partial charge < -0.3 is 0 Å². The number of hydrogen-bond donors (Lipinski definition) is 0. The van der Waals surface area contributed by atoms with Crippen molar-refractivity contribution in [3.05, 3.63) is 100 Å². The lowest BCUT2D eigenvalue weighted by molar-refractivity contribution is -0.124. The molecule has 3 aromatic rings. The predicted molar refractivity (Wildman–Crippen MR) is 124 cm³/mol. The number of fused-ring (bicyclic) bond motifs is 5. The van der Waals surface area contributed by atoms with Crippen molar-refractivity contribution >= 4 is 41.1 Å². The van der Waals surface area contributed by atoms with E-state index >= 15 is 0 Å². The molecule has 0 aromatic heterocycles. The molecule has 3 heterocycles. The van der Waals surface area contributed by atoms with Gasteiger partial charge in [-0.25, -0.2) is 9.29 Å². The standard InChI is InChI=1S/C26H17ClFN3O3/c27-18-7-3-4-8-19(18)30-25(33)20-21(26(30)34)23(24(32)14-9-11-16(28)12-10-14)31-22(20)17-6-2-1-5-15(17)13-29-31/h1-13,20-23H/t20-,21-,22-,23+/m1/s1. The first-order valence-electron chi connectivity index (χ1n) is 10.8. The number of carbonyl (C=O) groups excluding carboxylic acids is 3. The van der Waals surface area contributed by atoms with Crippen LogP contribution in [-0.4, -0.2) is 34.9 Å². The van der Waals surface area contributed by atoms with Crippen LogP contribution < -0.4 is 4.90 Å². The summed E-state index contributed by atoms with van der Waals surface area (Å²) in [5.41, 5.74) is 2.19. The number of carbonyl (C=O) groups is 3.